The first-order valence-corrected chi connectivity index (χ1v) is 3.40. The van der Waals surface area contributed by atoms with Gasteiger partial charge in [-0.05, 0) is 6.42 Å². The second-order valence-corrected chi connectivity index (χ2v) is 1.67. The van der Waals surface area contributed by atoms with E-state index in [0.29, 0.717) is 0 Å². The Morgan fingerprint density at radius 2 is 1.62 bits per heavy atom. The predicted octanol–water partition coefficient (Wildman–Crippen LogP) is 3.24. The SMILES string of the molecule is C[CH]CC.[CH2]CCC. The topological polar surface area (TPSA) is 0 Å². The van der Waals surface area contributed by atoms with Crippen LogP contribution in [0, 0.1) is 13.3 Å². The van der Waals surface area contributed by atoms with Crippen molar-refractivity contribution in [3.05, 3.63) is 13.3 Å². The monoisotopic (exact) mass is 114 g/mol. The van der Waals surface area contributed by atoms with Gasteiger partial charge in [-0.2, -0.15) is 0 Å². The zero-order valence-electron chi connectivity index (χ0n) is 6.41. The van der Waals surface area contributed by atoms with E-state index in [1.165, 1.54) is 12.8 Å². The summed E-state index contributed by atoms with van der Waals surface area (Å²) in [5, 5.41) is 0. The highest BCUT2D eigenvalue weighted by molar-refractivity contribution is 4.45. The first kappa shape index (κ1) is 10.9. The molecule has 0 spiro atoms. The zero-order valence-corrected chi connectivity index (χ0v) is 6.41. The summed E-state index contributed by atoms with van der Waals surface area (Å²) in [7, 11) is 0. The summed E-state index contributed by atoms with van der Waals surface area (Å²) in [5.74, 6) is 0. The van der Waals surface area contributed by atoms with Crippen molar-refractivity contribution in [3.63, 3.8) is 0 Å². The Balaban J connectivity index is 0. The highest BCUT2D eigenvalue weighted by Crippen LogP contribution is 1.76. The molecule has 50 valence electrons. The molecule has 0 fully saturated rings. The molecule has 0 aromatic heterocycles. The maximum absolute atomic E-state index is 3.60. The van der Waals surface area contributed by atoms with Gasteiger partial charge in [0.15, 0.2) is 0 Å². The van der Waals surface area contributed by atoms with Crippen molar-refractivity contribution < 1.29 is 0 Å². The summed E-state index contributed by atoms with van der Waals surface area (Å²) in [6.45, 7) is 9.90. The molecule has 0 amide bonds. The first-order valence-electron chi connectivity index (χ1n) is 3.40. The third kappa shape index (κ3) is 37.5. The Morgan fingerprint density at radius 1 is 1.38 bits per heavy atom. The Kier molecular flexibility index (Phi) is 21.4. The quantitative estimate of drug-likeness (QED) is 0.517. The molecule has 0 heterocycles. The van der Waals surface area contributed by atoms with Gasteiger partial charge in [-0.25, -0.2) is 0 Å². The van der Waals surface area contributed by atoms with E-state index in [-0.39, 0.29) is 0 Å². The fraction of sp³-hybridized carbons (Fsp3) is 0.750. The molecule has 0 N–H and O–H groups in total. The molecule has 0 aliphatic carbocycles. The van der Waals surface area contributed by atoms with Gasteiger partial charge in [0, 0.05) is 0 Å². The molecule has 0 aliphatic heterocycles. The van der Waals surface area contributed by atoms with Crippen molar-refractivity contribution in [1.29, 1.82) is 0 Å². The van der Waals surface area contributed by atoms with E-state index in [9.17, 15) is 0 Å². The number of hydrogen-bond acceptors (Lipinski definition) is 0. The molecule has 8 heavy (non-hydrogen) atoms. The lowest BCUT2D eigenvalue weighted by Gasteiger charge is -1.67. The smallest absolute Gasteiger partial charge is 0.0420 e. The van der Waals surface area contributed by atoms with E-state index in [4.69, 9.17) is 0 Å². The summed E-state index contributed by atoms with van der Waals surface area (Å²) in [6.07, 6.45) is 5.60. The fourth-order valence-corrected chi connectivity index (χ4v) is 0. The standard InChI is InChI=1S/2C4H9/c2*1-3-4-2/h3H,4H2,1-2H3;1,3-4H2,2H3. The lowest BCUT2D eigenvalue weighted by atomic mass is 10.4. The van der Waals surface area contributed by atoms with Gasteiger partial charge in [-0.15, -0.1) is 0 Å². The van der Waals surface area contributed by atoms with Crippen molar-refractivity contribution in [2.75, 3.05) is 0 Å². The predicted molar refractivity (Wildman–Crippen MR) is 40.5 cm³/mol. The Bertz CT molecular complexity index is 8.00. The van der Waals surface area contributed by atoms with Crippen molar-refractivity contribution >= 4 is 0 Å². The third-order valence-electron chi connectivity index (χ3n) is 0.762. The van der Waals surface area contributed by atoms with Gasteiger partial charge in [0.25, 0.3) is 0 Å². The van der Waals surface area contributed by atoms with Crippen LogP contribution in [0.15, 0.2) is 0 Å². The molecule has 0 aliphatic rings. The maximum atomic E-state index is 3.60. The van der Waals surface area contributed by atoms with E-state index >= 15 is 0 Å². The summed E-state index contributed by atoms with van der Waals surface area (Å²) < 4.78 is 0. The molecule has 0 aromatic carbocycles. The van der Waals surface area contributed by atoms with Crippen LogP contribution in [0.4, 0.5) is 0 Å². The van der Waals surface area contributed by atoms with Crippen LogP contribution in [0.3, 0.4) is 0 Å². The molecule has 0 saturated carbocycles. The second kappa shape index (κ2) is 15.8. The maximum Gasteiger partial charge on any atom is -0.0420 e. The first-order chi connectivity index (χ1) is 3.83. The Hall–Kier alpha value is 0. The van der Waals surface area contributed by atoms with Gasteiger partial charge < -0.3 is 0 Å². The number of unbranched alkanes of at least 4 members (excludes halogenated alkanes) is 2. The Labute approximate surface area is 54.3 Å². The summed E-state index contributed by atoms with van der Waals surface area (Å²) in [5.41, 5.74) is 0. The second-order valence-electron chi connectivity index (χ2n) is 1.67. The van der Waals surface area contributed by atoms with Crippen molar-refractivity contribution in [3.8, 4) is 0 Å². The molecule has 0 rings (SSSR count). The van der Waals surface area contributed by atoms with Crippen LogP contribution >= 0.6 is 0 Å². The molecule has 0 unspecified atom stereocenters. The van der Waals surface area contributed by atoms with Crippen LogP contribution < -0.4 is 0 Å². The fourth-order valence-electron chi connectivity index (χ4n) is 0. The normalized spacial score (nSPS) is 7.50. The van der Waals surface area contributed by atoms with Gasteiger partial charge in [-0.3, -0.25) is 0 Å². The average molecular weight is 114 g/mol. The zero-order chi connectivity index (χ0) is 6.83. The van der Waals surface area contributed by atoms with E-state index in [0.717, 1.165) is 6.42 Å². The molecular weight excluding hydrogens is 96.1 g/mol. The highest BCUT2D eigenvalue weighted by atomic mass is 13.6. The summed E-state index contributed by atoms with van der Waals surface area (Å²) >= 11 is 0. The van der Waals surface area contributed by atoms with Crippen molar-refractivity contribution in [1.82, 2.24) is 0 Å². The molecule has 0 saturated heterocycles. The minimum absolute atomic E-state index is 1.07. The van der Waals surface area contributed by atoms with E-state index in [1.807, 2.05) is 0 Å². The van der Waals surface area contributed by atoms with Crippen LogP contribution in [0.1, 0.15) is 40.0 Å². The van der Waals surface area contributed by atoms with E-state index in [1.54, 1.807) is 0 Å². The van der Waals surface area contributed by atoms with Crippen LogP contribution in [0.2, 0.25) is 0 Å². The van der Waals surface area contributed by atoms with Crippen LogP contribution in [0.25, 0.3) is 0 Å². The van der Waals surface area contributed by atoms with Crippen LogP contribution in [0.5, 0.6) is 0 Å². The van der Waals surface area contributed by atoms with E-state index in [2.05, 4.69) is 34.1 Å². The molecule has 0 atom stereocenters. The molecule has 0 aromatic rings. The lowest BCUT2D eigenvalue weighted by molar-refractivity contribution is 0.956. The van der Waals surface area contributed by atoms with Crippen molar-refractivity contribution in [2.45, 2.75) is 40.0 Å². The molecule has 0 bridgehead atoms. The minimum atomic E-state index is 1.07. The largest absolute Gasteiger partial charge is 0.0654 e. The van der Waals surface area contributed by atoms with E-state index < -0.39 is 0 Å². The van der Waals surface area contributed by atoms with Gasteiger partial charge in [0.1, 0.15) is 0 Å². The van der Waals surface area contributed by atoms with Crippen LogP contribution in [-0.4, -0.2) is 0 Å². The number of rotatable bonds is 2. The highest BCUT2D eigenvalue weighted by Gasteiger charge is 1.57. The molecule has 2 radical (unpaired) electrons. The van der Waals surface area contributed by atoms with Gasteiger partial charge >= 0.3 is 0 Å². The lowest BCUT2D eigenvalue weighted by Crippen LogP contribution is -1.50. The average Bonchev–Trinajstić information content (AvgIpc) is 1.88. The minimum Gasteiger partial charge on any atom is -0.0654 e. The van der Waals surface area contributed by atoms with Crippen molar-refractivity contribution in [2.24, 2.45) is 0 Å². The van der Waals surface area contributed by atoms with Crippen LogP contribution in [-0.2, 0) is 0 Å². The molecular formula is C8H18. The Morgan fingerprint density at radius 3 is 1.62 bits per heavy atom. The van der Waals surface area contributed by atoms with Gasteiger partial charge in [0.05, 0.1) is 0 Å². The number of hydrogen-bond donors (Lipinski definition) is 0. The van der Waals surface area contributed by atoms with Gasteiger partial charge in [-0.1, -0.05) is 47.0 Å². The summed E-state index contributed by atoms with van der Waals surface area (Å²) in [6, 6.07) is 0. The van der Waals surface area contributed by atoms with Gasteiger partial charge in [0.2, 0.25) is 0 Å². The molecule has 0 nitrogen and oxygen atoms in total. The third-order valence-corrected chi connectivity index (χ3v) is 0.762. The molecule has 0 heteroatoms. The summed E-state index contributed by atoms with van der Waals surface area (Å²) in [4.78, 5) is 0.